The molecule has 2 N–H and O–H groups in total. The summed E-state index contributed by atoms with van der Waals surface area (Å²) in [7, 11) is 0. The van der Waals surface area contributed by atoms with Crippen molar-refractivity contribution >= 4 is 22.7 Å². The van der Waals surface area contributed by atoms with Gasteiger partial charge in [0.1, 0.15) is 4.93 Å². The Hall–Kier alpha value is -1.44. The Balaban J connectivity index is 1.29. The van der Waals surface area contributed by atoms with Crippen LogP contribution in [0.25, 0.3) is 10.9 Å². The molecule has 0 spiro atoms. The van der Waals surface area contributed by atoms with Crippen molar-refractivity contribution in [3.05, 3.63) is 53.6 Å². The van der Waals surface area contributed by atoms with E-state index < -0.39 is 11.9 Å². The van der Waals surface area contributed by atoms with E-state index in [1.54, 1.807) is 11.8 Å². The summed E-state index contributed by atoms with van der Waals surface area (Å²) in [5.41, 5.74) is 1.01. The van der Waals surface area contributed by atoms with Gasteiger partial charge in [0.2, 0.25) is 0 Å². The van der Waals surface area contributed by atoms with E-state index in [0.717, 1.165) is 42.5 Å². The lowest BCUT2D eigenvalue weighted by Gasteiger charge is -2.39. The van der Waals surface area contributed by atoms with Gasteiger partial charge in [-0.15, -0.1) is 0 Å². The highest BCUT2D eigenvalue weighted by Gasteiger charge is 2.35. The topological polar surface area (TPSA) is 65.8 Å². The molecule has 1 saturated heterocycles. The van der Waals surface area contributed by atoms with E-state index in [1.165, 1.54) is 0 Å². The lowest BCUT2D eigenvalue weighted by atomic mass is 9.85. The second-order valence-electron chi connectivity index (χ2n) is 7.98. The van der Waals surface area contributed by atoms with Gasteiger partial charge in [-0.05, 0) is 37.3 Å². The first kappa shape index (κ1) is 19.9. The number of rotatable bonds is 6. The second kappa shape index (κ2) is 8.13. The fraction of sp³-hybridized carbons (Fsp3) is 0.500. The summed E-state index contributed by atoms with van der Waals surface area (Å²) in [5, 5.41) is 24.5. The number of likely N-dealkylation sites (tertiary alicyclic amines) is 1. The number of fused-ring (bicyclic) bond motifs is 1. The molecule has 4 rings (SSSR count). The van der Waals surface area contributed by atoms with E-state index >= 15 is 0 Å². The van der Waals surface area contributed by atoms with Gasteiger partial charge in [0.25, 0.3) is 0 Å². The first-order chi connectivity index (χ1) is 13.5. The van der Waals surface area contributed by atoms with Crippen LogP contribution in [0.1, 0.15) is 38.2 Å². The van der Waals surface area contributed by atoms with Crippen LogP contribution in [0, 0.1) is 0 Å². The van der Waals surface area contributed by atoms with E-state index in [2.05, 4.69) is 22.0 Å². The molecule has 1 aromatic carbocycles. The first-order valence-corrected chi connectivity index (χ1v) is 10.8. The molecule has 2 aromatic rings. The Bertz CT molecular complexity index is 841. The van der Waals surface area contributed by atoms with Gasteiger partial charge in [0, 0.05) is 49.6 Å². The molecular weight excluding hydrogens is 372 g/mol. The summed E-state index contributed by atoms with van der Waals surface area (Å²) in [6, 6.07) is 10.0. The number of aromatic nitrogens is 1. The predicted molar refractivity (Wildman–Crippen MR) is 113 cm³/mol. The van der Waals surface area contributed by atoms with E-state index in [4.69, 9.17) is 4.74 Å². The van der Waals surface area contributed by atoms with Gasteiger partial charge in [-0.3, -0.25) is 4.98 Å². The molecule has 3 heterocycles. The molecule has 6 heteroatoms. The highest BCUT2D eigenvalue weighted by Crippen LogP contribution is 2.38. The van der Waals surface area contributed by atoms with Crippen LogP contribution in [0.15, 0.2) is 48.0 Å². The molecule has 0 saturated carbocycles. The standard InChI is InChI=1S/C22H28N2O3S/c1-21(8-4-14-28-21)27-20(25)7-11-24-12-9-22(26,10-13-24)18-15-17-5-2-3-6-19(17)23-16-18/h2-6,14-16,20,25-26H,7-13H2,1H3/t20?,21-/m0/s1. The molecule has 150 valence electrons. The lowest BCUT2D eigenvalue weighted by Crippen LogP contribution is -2.43. The summed E-state index contributed by atoms with van der Waals surface area (Å²) < 4.78 is 5.81. The molecule has 1 unspecified atom stereocenters. The number of hydrogen-bond acceptors (Lipinski definition) is 6. The van der Waals surface area contributed by atoms with Crippen LogP contribution in [0.2, 0.25) is 0 Å². The van der Waals surface area contributed by atoms with E-state index in [1.807, 2.05) is 42.8 Å². The van der Waals surface area contributed by atoms with Crippen molar-refractivity contribution in [2.75, 3.05) is 19.6 Å². The number of aliphatic hydroxyl groups is 2. The van der Waals surface area contributed by atoms with Crippen LogP contribution < -0.4 is 0 Å². The van der Waals surface area contributed by atoms with Gasteiger partial charge in [0.05, 0.1) is 11.1 Å². The molecular formula is C22H28N2O3S. The number of aliphatic hydroxyl groups excluding tert-OH is 1. The highest BCUT2D eigenvalue weighted by atomic mass is 32.2. The normalized spacial score (nSPS) is 26.0. The van der Waals surface area contributed by atoms with Gasteiger partial charge in [0.15, 0.2) is 6.29 Å². The number of ether oxygens (including phenoxy) is 1. The average molecular weight is 401 g/mol. The Labute approximate surface area is 170 Å². The second-order valence-corrected chi connectivity index (χ2v) is 9.35. The van der Waals surface area contributed by atoms with E-state index in [0.29, 0.717) is 19.3 Å². The van der Waals surface area contributed by atoms with Crippen LogP contribution >= 0.6 is 11.8 Å². The smallest absolute Gasteiger partial charge is 0.157 e. The monoisotopic (exact) mass is 400 g/mol. The molecule has 28 heavy (non-hydrogen) atoms. The fourth-order valence-electron chi connectivity index (χ4n) is 3.98. The fourth-order valence-corrected chi connectivity index (χ4v) is 4.82. The molecule has 2 atom stereocenters. The van der Waals surface area contributed by atoms with Crippen LogP contribution in [0.3, 0.4) is 0 Å². The van der Waals surface area contributed by atoms with Crippen molar-refractivity contribution in [2.24, 2.45) is 0 Å². The number of thioether (sulfide) groups is 1. The van der Waals surface area contributed by atoms with Crippen LogP contribution in [-0.4, -0.2) is 51.0 Å². The minimum Gasteiger partial charge on any atom is -0.385 e. The number of hydrogen-bond donors (Lipinski definition) is 2. The zero-order chi connectivity index (χ0) is 19.6. The summed E-state index contributed by atoms with van der Waals surface area (Å²) in [5.74, 6) is 0. The third-order valence-corrected chi connectivity index (χ3v) is 6.88. The molecule has 1 fully saturated rings. The minimum atomic E-state index is -0.831. The summed E-state index contributed by atoms with van der Waals surface area (Å²) >= 11 is 1.62. The van der Waals surface area contributed by atoms with Gasteiger partial charge in [-0.1, -0.05) is 36.0 Å². The van der Waals surface area contributed by atoms with Gasteiger partial charge in [-0.2, -0.15) is 0 Å². The third kappa shape index (κ3) is 4.42. The molecule has 1 aromatic heterocycles. The summed E-state index contributed by atoms with van der Waals surface area (Å²) in [4.78, 5) is 6.45. The van der Waals surface area contributed by atoms with Crippen molar-refractivity contribution in [3.8, 4) is 0 Å². The number of pyridine rings is 1. The SMILES string of the molecule is C[C@@]1(OC(O)CCN2CCC(O)(c3cnc4ccccc4c3)CC2)CC=CS1. The Morgan fingerprint density at radius 1 is 1.29 bits per heavy atom. The number of benzene rings is 1. The van der Waals surface area contributed by atoms with Crippen molar-refractivity contribution in [1.82, 2.24) is 9.88 Å². The number of para-hydroxylation sites is 1. The Morgan fingerprint density at radius 3 is 2.82 bits per heavy atom. The van der Waals surface area contributed by atoms with E-state index in [9.17, 15) is 10.2 Å². The predicted octanol–water partition coefficient (Wildman–Crippen LogP) is 3.61. The van der Waals surface area contributed by atoms with Gasteiger partial charge in [-0.25, -0.2) is 0 Å². The van der Waals surface area contributed by atoms with Gasteiger partial charge >= 0.3 is 0 Å². The summed E-state index contributed by atoms with van der Waals surface area (Å²) in [6.45, 7) is 4.37. The summed E-state index contributed by atoms with van der Waals surface area (Å²) in [6.07, 6.45) is 5.86. The first-order valence-electron chi connectivity index (χ1n) is 9.95. The van der Waals surface area contributed by atoms with Crippen molar-refractivity contribution in [3.63, 3.8) is 0 Å². The lowest BCUT2D eigenvalue weighted by molar-refractivity contribution is -0.148. The molecule has 0 amide bonds. The molecule has 0 bridgehead atoms. The quantitative estimate of drug-likeness (QED) is 0.722. The third-order valence-electron chi connectivity index (χ3n) is 5.79. The van der Waals surface area contributed by atoms with Crippen molar-refractivity contribution < 1.29 is 14.9 Å². The molecule has 2 aliphatic heterocycles. The average Bonchev–Trinajstić information content (AvgIpc) is 3.13. The van der Waals surface area contributed by atoms with Gasteiger partial charge < -0.3 is 19.8 Å². The minimum absolute atomic E-state index is 0.343. The van der Waals surface area contributed by atoms with Crippen LogP contribution in [0.5, 0.6) is 0 Å². The van der Waals surface area contributed by atoms with Crippen molar-refractivity contribution in [1.29, 1.82) is 0 Å². The Morgan fingerprint density at radius 2 is 2.07 bits per heavy atom. The number of piperidine rings is 1. The Kier molecular flexibility index (Phi) is 5.76. The van der Waals surface area contributed by atoms with Crippen molar-refractivity contribution in [2.45, 2.75) is 49.4 Å². The maximum Gasteiger partial charge on any atom is 0.157 e. The zero-order valence-electron chi connectivity index (χ0n) is 16.3. The highest BCUT2D eigenvalue weighted by molar-refractivity contribution is 8.03. The maximum absolute atomic E-state index is 11.2. The van der Waals surface area contributed by atoms with Crippen LogP contribution in [0.4, 0.5) is 0 Å². The zero-order valence-corrected chi connectivity index (χ0v) is 17.1. The van der Waals surface area contributed by atoms with E-state index in [-0.39, 0.29) is 4.93 Å². The maximum atomic E-state index is 11.2. The molecule has 2 aliphatic rings. The largest absolute Gasteiger partial charge is 0.385 e. The van der Waals surface area contributed by atoms with Crippen LogP contribution in [-0.2, 0) is 10.3 Å². The number of nitrogens with zero attached hydrogens (tertiary/aromatic N) is 2. The molecule has 0 aliphatic carbocycles. The molecule has 5 nitrogen and oxygen atoms in total. The molecule has 0 radical (unpaired) electrons.